The lowest BCUT2D eigenvalue weighted by atomic mass is 10.2. The van der Waals surface area contributed by atoms with Crippen molar-refractivity contribution >= 4 is 16.7 Å². The molecule has 4 rings (SSSR count). The fraction of sp³-hybridized carbons (Fsp3) is 0.125. The van der Waals surface area contributed by atoms with Gasteiger partial charge in [-0.1, -0.05) is 6.07 Å². The van der Waals surface area contributed by atoms with E-state index in [9.17, 15) is 0 Å². The minimum Gasteiger partial charge on any atom is -0.345 e. The van der Waals surface area contributed by atoms with Gasteiger partial charge in [-0.15, -0.1) is 0 Å². The van der Waals surface area contributed by atoms with E-state index in [1.807, 2.05) is 22.9 Å². The second-order valence-corrected chi connectivity index (χ2v) is 4.82. The Morgan fingerprint density at radius 2 is 1.80 bits per heavy atom. The van der Waals surface area contributed by atoms with Gasteiger partial charge in [0, 0.05) is 18.6 Å². The summed E-state index contributed by atoms with van der Waals surface area (Å²) in [6.45, 7) is 4.13. The number of aryl methyl sites for hydroxylation is 2. The lowest BCUT2D eigenvalue weighted by Gasteiger charge is -1.92. The summed E-state index contributed by atoms with van der Waals surface area (Å²) >= 11 is 0. The third kappa shape index (κ3) is 2.54. The van der Waals surface area contributed by atoms with Crippen molar-refractivity contribution in [2.45, 2.75) is 13.8 Å². The van der Waals surface area contributed by atoms with Crippen molar-refractivity contribution in [3.8, 4) is 0 Å². The molecule has 3 heterocycles. The van der Waals surface area contributed by atoms with Gasteiger partial charge in [0.05, 0.1) is 17.4 Å². The monoisotopic (exact) mass is 264 g/mol. The molecular weight excluding hydrogens is 248 g/mol. The van der Waals surface area contributed by atoms with E-state index in [1.165, 1.54) is 11.1 Å². The van der Waals surface area contributed by atoms with Crippen LogP contribution in [0, 0.1) is 13.8 Å². The molecule has 0 saturated heterocycles. The SMILES string of the molecule is Cc1ccc2nc[nH]c2c1.Cc1ccn2ccnc2c1. The molecule has 0 radical (unpaired) electrons. The number of hydrogen-bond donors (Lipinski definition) is 1. The summed E-state index contributed by atoms with van der Waals surface area (Å²) in [6.07, 6.45) is 7.46. The highest BCUT2D eigenvalue weighted by atomic mass is 15.0. The third-order valence-electron chi connectivity index (χ3n) is 3.13. The molecule has 100 valence electrons. The quantitative estimate of drug-likeness (QED) is 0.528. The number of aromatic nitrogens is 4. The van der Waals surface area contributed by atoms with Crippen LogP contribution in [0.15, 0.2) is 55.2 Å². The van der Waals surface area contributed by atoms with E-state index < -0.39 is 0 Å². The smallest absolute Gasteiger partial charge is 0.136 e. The number of aromatic amines is 1. The highest BCUT2D eigenvalue weighted by molar-refractivity contribution is 5.74. The van der Waals surface area contributed by atoms with E-state index in [2.05, 4.69) is 53.1 Å². The van der Waals surface area contributed by atoms with Crippen LogP contribution in [0.3, 0.4) is 0 Å². The number of hydrogen-bond acceptors (Lipinski definition) is 2. The molecule has 1 N–H and O–H groups in total. The first-order valence-electron chi connectivity index (χ1n) is 6.51. The van der Waals surface area contributed by atoms with E-state index in [0.29, 0.717) is 0 Å². The van der Waals surface area contributed by atoms with Crippen LogP contribution in [-0.4, -0.2) is 19.4 Å². The van der Waals surface area contributed by atoms with Gasteiger partial charge < -0.3 is 9.38 Å². The third-order valence-corrected chi connectivity index (χ3v) is 3.13. The number of fused-ring (bicyclic) bond motifs is 2. The normalized spacial score (nSPS) is 10.5. The number of H-pyrrole nitrogens is 1. The molecule has 0 amide bonds. The van der Waals surface area contributed by atoms with Crippen LogP contribution in [-0.2, 0) is 0 Å². The molecule has 0 spiro atoms. The Balaban J connectivity index is 0.000000121. The number of nitrogens with one attached hydrogen (secondary N) is 1. The van der Waals surface area contributed by atoms with E-state index in [0.717, 1.165) is 16.7 Å². The van der Waals surface area contributed by atoms with Gasteiger partial charge in [0.25, 0.3) is 0 Å². The maximum absolute atomic E-state index is 4.14. The van der Waals surface area contributed by atoms with Gasteiger partial charge in [-0.2, -0.15) is 0 Å². The summed E-state index contributed by atoms with van der Waals surface area (Å²) in [5.41, 5.74) is 5.67. The fourth-order valence-corrected chi connectivity index (χ4v) is 2.06. The first kappa shape index (κ1) is 12.4. The highest BCUT2D eigenvalue weighted by Gasteiger charge is 1.92. The van der Waals surface area contributed by atoms with Crippen LogP contribution in [0.5, 0.6) is 0 Å². The molecule has 0 saturated carbocycles. The van der Waals surface area contributed by atoms with Crippen LogP contribution in [0.4, 0.5) is 0 Å². The molecule has 4 nitrogen and oxygen atoms in total. The van der Waals surface area contributed by atoms with Crippen molar-refractivity contribution < 1.29 is 0 Å². The van der Waals surface area contributed by atoms with Gasteiger partial charge >= 0.3 is 0 Å². The van der Waals surface area contributed by atoms with Gasteiger partial charge in [-0.05, 0) is 49.2 Å². The number of benzene rings is 1. The average molecular weight is 264 g/mol. The van der Waals surface area contributed by atoms with Crippen LogP contribution in [0.25, 0.3) is 16.7 Å². The molecule has 0 fully saturated rings. The molecule has 0 unspecified atom stereocenters. The Morgan fingerprint density at radius 1 is 0.950 bits per heavy atom. The van der Waals surface area contributed by atoms with Gasteiger partial charge in [0.15, 0.2) is 0 Å². The number of pyridine rings is 1. The lowest BCUT2D eigenvalue weighted by Crippen LogP contribution is -1.81. The van der Waals surface area contributed by atoms with E-state index in [1.54, 1.807) is 12.5 Å². The predicted octanol–water partition coefficient (Wildman–Crippen LogP) is 3.51. The molecule has 4 heteroatoms. The predicted molar refractivity (Wildman–Crippen MR) is 80.8 cm³/mol. The summed E-state index contributed by atoms with van der Waals surface area (Å²) in [5.74, 6) is 0. The largest absolute Gasteiger partial charge is 0.345 e. The van der Waals surface area contributed by atoms with Crippen molar-refractivity contribution in [3.63, 3.8) is 0 Å². The Morgan fingerprint density at radius 3 is 2.70 bits per heavy atom. The summed E-state index contributed by atoms with van der Waals surface area (Å²) in [5, 5.41) is 0. The topological polar surface area (TPSA) is 46.0 Å². The fourth-order valence-electron chi connectivity index (χ4n) is 2.06. The molecule has 0 aliphatic carbocycles. The maximum Gasteiger partial charge on any atom is 0.136 e. The number of rotatable bonds is 0. The Hall–Kier alpha value is -2.62. The van der Waals surface area contributed by atoms with Crippen molar-refractivity contribution in [2.24, 2.45) is 0 Å². The van der Waals surface area contributed by atoms with Crippen LogP contribution in [0.2, 0.25) is 0 Å². The second-order valence-electron chi connectivity index (χ2n) is 4.82. The molecule has 0 aliphatic heterocycles. The van der Waals surface area contributed by atoms with Gasteiger partial charge in [0.1, 0.15) is 5.65 Å². The molecular formula is C16H16N4. The molecule has 0 aliphatic rings. The zero-order valence-electron chi connectivity index (χ0n) is 11.5. The lowest BCUT2D eigenvalue weighted by molar-refractivity contribution is 1.17. The molecule has 20 heavy (non-hydrogen) atoms. The Kier molecular flexibility index (Phi) is 3.21. The summed E-state index contributed by atoms with van der Waals surface area (Å²) in [4.78, 5) is 11.3. The maximum atomic E-state index is 4.14. The van der Waals surface area contributed by atoms with Crippen molar-refractivity contribution in [3.05, 3.63) is 66.4 Å². The molecule has 0 bridgehead atoms. The van der Waals surface area contributed by atoms with Crippen molar-refractivity contribution in [1.82, 2.24) is 19.4 Å². The number of imidazole rings is 2. The molecule has 4 aromatic rings. The zero-order chi connectivity index (χ0) is 13.9. The van der Waals surface area contributed by atoms with Crippen molar-refractivity contribution in [2.75, 3.05) is 0 Å². The number of nitrogens with zero attached hydrogens (tertiary/aromatic N) is 3. The standard InChI is InChI=1S/2C8H8N2/c1-7-2-4-10-5-3-9-8(10)6-7;1-6-2-3-7-8(4-6)10-5-9-7/h2-6H,1H3;2-5H,1H3,(H,9,10). The van der Waals surface area contributed by atoms with Gasteiger partial charge in [-0.3, -0.25) is 0 Å². The van der Waals surface area contributed by atoms with E-state index in [4.69, 9.17) is 0 Å². The zero-order valence-corrected chi connectivity index (χ0v) is 11.5. The molecule has 0 atom stereocenters. The highest BCUT2D eigenvalue weighted by Crippen LogP contribution is 2.09. The average Bonchev–Trinajstić information content (AvgIpc) is 3.06. The summed E-state index contributed by atoms with van der Waals surface area (Å²) < 4.78 is 1.99. The van der Waals surface area contributed by atoms with Crippen LogP contribution >= 0.6 is 0 Å². The minimum atomic E-state index is 1.01. The van der Waals surface area contributed by atoms with E-state index in [-0.39, 0.29) is 0 Å². The first-order valence-corrected chi connectivity index (χ1v) is 6.51. The molecule has 1 aromatic carbocycles. The summed E-state index contributed by atoms with van der Waals surface area (Å²) in [7, 11) is 0. The first-order chi connectivity index (χ1) is 9.72. The van der Waals surface area contributed by atoms with E-state index >= 15 is 0 Å². The second kappa shape index (κ2) is 5.17. The Bertz CT molecular complexity index is 770. The van der Waals surface area contributed by atoms with Gasteiger partial charge in [-0.25, -0.2) is 9.97 Å². The summed E-state index contributed by atoms with van der Waals surface area (Å²) in [6, 6.07) is 10.3. The van der Waals surface area contributed by atoms with Crippen molar-refractivity contribution in [1.29, 1.82) is 0 Å². The van der Waals surface area contributed by atoms with Crippen LogP contribution < -0.4 is 0 Å². The Labute approximate surface area is 117 Å². The minimum absolute atomic E-state index is 1.01. The molecule has 3 aromatic heterocycles. The van der Waals surface area contributed by atoms with Crippen LogP contribution in [0.1, 0.15) is 11.1 Å². The van der Waals surface area contributed by atoms with Gasteiger partial charge in [0.2, 0.25) is 0 Å².